The Balaban J connectivity index is 2.07. The van der Waals surface area contributed by atoms with Gasteiger partial charge in [-0.2, -0.15) is 0 Å². The van der Waals surface area contributed by atoms with E-state index in [4.69, 9.17) is 15.9 Å². The van der Waals surface area contributed by atoms with E-state index in [1.165, 1.54) is 12.8 Å². The summed E-state index contributed by atoms with van der Waals surface area (Å²) in [7, 11) is 0. The normalized spacial score (nSPS) is 16.5. The zero-order valence-corrected chi connectivity index (χ0v) is 8.57. The molecular formula is C11H15N3O. The van der Waals surface area contributed by atoms with E-state index in [-0.39, 0.29) is 5.84 Å². The minimum Gasteiger partial charge on any atom is -0.474 e. The molecule has 0 bridgehead atoms. The Bertz CT molecular complexity index is 359. The van der Waals surface area contributed by atoms with E-state index in [2.05, 4.69) is 4.98 Å². The van der Waals surface area contributed by atoms with Crippen LogP contribution in [0.2, 0.25) is 0 Å². The summed E-state index contributed by atoms with van der Waals surface area (Å²) in [4.78, 5) is 4.16. The molecule has 3 N–H and O–H groups in total. The monoisotopic (exact) mass is 205 g/mol. The maximum Gasteiger partial charge on any atom is 0.214 e. The highest BCUT2D eigenvalue weighted by Gasteiger charge is 2.17. The van der Waals surface area contributed by atoms with Crippen LogP contribution in [0, 0.1) is 5.41 Å². The molecule has 1 heterocycles. The van der Waals surface area contributed by atoms with Crippen molar-refractivity contribution in [3.8, 4) is 5.88 Å². The standard InChI is InChI=1S/C11H15N3O/c12-11(13)9-6-3-7-10(14-9)15-8-4-1-2-5-8/h3,6-8H,1-2,4-5H2,(H3,12,13). The van der Waals surface area contributed by atoms with Gasteiger partial charge in [0, 0.05) is 6.07 Å². The van der Waals surface area contributed by atoms with Gasteiger partial charge in [0.2, 0.25) is 5.88 Å². The van der Waals surface area contributed by atoms with Crippen LogP contribution >= 0.6 is 0 Å². The molecule has 0 saturated heterocycles. The summed E-state index contributed by atoms with van der Waals surface area (Å²) in [5, 5.41) is 7.28. The lowest BCUT2D eigenvalue weighted by Crippen LogP contribution is -2.16. The average molecular weight is 205 g/mol. The number of hydrogen-bond acceptors (Lipinski definition) is 3. The molecule has 1 aromatic rings. The summed E-state index contributed by atoms with van der Waals surface area (Å²) >= 11 is 0. The minimum atomic E-state index is -0.0214. The second kappa shape index (κ2) is 4.29. The molecule has 2 rings (SSSR count). The lowest BCUT2D eigenvalue weighted by molar-refractivity contribution is 0.201. The second-order valence-electron chi connectivity index (χ2n) is 3.80. The summed E-state index contributed by atoms with van der Waals surface area (Å²) < 4.78 is 5.70. The van der Waals surface area contributed by atoms with Gasteiger partial charge >= 0.3 is 0 Å². The van der Waals surface area contributed by atoms with E-state index in [0.717, 1.165) is 12.8 Å². The molecule has 1 fully saturated rings. The van der Waals surface area contributed by atoms with Crippen molar-refractivity contribution in [3.05, 3.63) is 23.9 Å². The van der Waals surface area contributed by atoms with Crippen LogP contribution in [-0.4, -0.2) is 16.9 Å². The Hall–Kier alpha value is -1.58. The predicted octanol–water partition coefficient (Wildman–Crippen LogP) is 1.69. The van der Waals surface area contributed by atoms with Gasteiger partial charge in [-0.15, -0.1) is 0 Å². The van der Waals surface area contributed by atoms with Gasteiger partial charge in [0.05, 0.1) is 0 Å². The molecule has 0 aliphatic heterocycles. The fraction of sp³-hybridized carbons (Fsp3) is 0.455. The SMILES string of the molecule is N=C(N)c1cccc(OC2CCCC2)n1. The topological polar surface area (TPSA) is 72.0 Å². The average Bonchev–Trinajstić information content (AvgIpc) is 2.71. The number of nitrogen functional groups attached to an aromatic ring is 1. The lowest BCUT2D eigenvalue weighted by atomic mass is 10.3. The lowest BCUT2D eigenvalue weighted by Gasteiger charge is -2.12. The van der Waals surface area contributed by atoms with Crippen LogP contribution in [0.4, 0.5) is 0 Å². The number of nitrogens with zero attached hydrogens (tertiary/aromatic N) is 1. The van der Waals surface area contributed by atoms with Gasteiger partial charge in [-0.3, -0.25) is 5.41 Å². The second-order valence-corrected chi connectivity index (χ2v) is 3.80. The number of nitrogens with one attached hydrogen (secondary N) is 1. The zero-order valence-electron chi connectivity index (χ0n) is 8.57. The first-order chi connectivity index (χ1) is 7.25. The number of pyridine rings is 1. The number of ether oxygens (including phenoxy) is 1. The largest absolute Gasteiger partial charge is 0.474 e. The van der Waals surface area contributed by atoms with Gasteiger partial charge in [-0.05, 0) is 31.7 Å². The quantitative estimate of drug-likeness (QED) is 0.582. The van der Waals surface area contributed by atoms with Crippen LogP contribution < -0.4 is 10.5 Å². The fourth-order valence-electron chi connectivity index (χ4n) is 1.81. The molecule has 0 atom stereocenters. The molecule has 0 radical (unpaired) electrons. The highest BCUT2D eigenvalue weighted by molar-refractivity contribution is 5.93. The van der Waals surface area contributed by atoms with E-state index in [1.807, 2.05) is 12.1 Å². The van der Waals surface area contributed by atoms with Crippen LogP contribution in [0.5, 0.6) is 5.88 Å². The Kier molecular flexibility index (Phi) is 2.85. The first-order valence-corrected chi connectivity index (χ1v) is 5.24. The Morgan fingerprint density at radius 2 is 2.13 bits per heavy atom. The minimum absolute atomic E-state index is 0.0214. The molecule has 1 aliphatic carbocycles. The smallest absolute Gasteiger partial charge is 0.214 e. The van der Waals surface area contributed by atoms with Crippen LogP contribution in [-0.2, 0) is 0 Å². The summed E-state index contributed by atoms with van der Waals surface area (Å²) in [6, 6.07) is 5.34. The molecule has 0 spiro atoms. The van der Waals surface area contributed by atoms with Crippen molar-refractivity contribution in [3.63, 3.8) is 0 Å². The first-order valence-electron chi connectivity index (χ1n) is 5.24. The molecule has 80 valence electrons. The first kappa shape index (κ1) is 9.96. The number of aromatic nitrogens is 1. The molecule has 4 nitrogen and oxygen atoms in total. The maximum absolute atomic E-state index is 7.28. The molecule has 1 saturated carbocycles. The molecule has 0 unspecified atom stereocenters. The van der Waals surface area contributed by atoms with E-state index in [1.54, 1.807) is 6.07 Å². The summed E-state index contributed by atoms with van der Waals surface area (Å²) in [6.07, 6.45) is 4.96. The number of nitrogens with two attached hydrogens (primary N) is 1. The van der Waals surface area contributed by atoms with Crippen LogP contribution in [0.3, 0.4) is 0 Å². The number of rotatable bonds is 3. The van der Waals surface area contributed by atoms with Gasteiger partial charge < -0.3 is 10.5 Å². The van der Waals surface area contributed by atoms with Crippen molar-refractivity contribution >= 4 is 5.84 Å². The predicted molar refractivity (Wildman–Crippen MR) is 58.1 cm³/mol. The third-order valence-electron chi connectivity index (χ3n) is 2.59. The van der Waals surface area contributed by atoms with Crippen molar-refractivity contribution in [2.75, 3.05) is 0 Å². The highest BCUT2D eigenvalue weighted by atomic mass is 16.5. The number of amidine groups is 1. The van der Waals surface area contributed by atoms with Gasteiger partial charge in [0.1, 0.15) is 17.6 Å². The van der Waals surface area contributed by atoms with E-state index in [0.29, 0.717) is 17.7 Å². The van der Waals surface area contributed by atoms with Gasteiger partial charge in [-0.25, -0.2) is 4.98 Å². The van der Waals surface area contributed by atoms with Gasteiger partial charge in [-0.1, -0.05) is 6.07 Å². The fourth-order valence-corrected chi connectivity index (χ4v) is 1.81. The molecule has 0 aromatic carbocycles. The van der Waals surface area contributed by atoms with Crippen molar-refractivity contribution in [2.24, 2.45) is 5.73 Å². The molecule has 0 amide bonds. The third-order valence-corrected chi connectivity index (χ3v) is 2.59. The van der Waals surface area contributed by atoms with E-state index < -0.39 is 0 Å². The van der Waals surface area contributed by atoms with E-state index >= 15 is 0 Å². The summed E-state index contributed by atoms with van der Waals surface area (Å²) in [6.45, 7) is 0. The molecule has 1 aromatic heterocycles. The molecule has 15 heavy (non-hydrogen) atoms. The highest BCUT2D eigenvalue weighted by Crippen LogP contribution is 2.22. The Morgan fingerprint density at radius 1 is 1.40 bits per heavy atom. The van der Waals surface area contributed by atoms with Crippen molar-refractivity contribution in [2.45, 2.75) is 31.8 Å². The van der Waals surface area contributed by atoms with Crippen molar-refractivity contribution in [1.82, 2.24) is 4.98 Å². The van der Waals surface area contributed by atoms with E-state index in [9.17, 15) is 0 Å². The van der Waals surface area contributed by atoms with Gasteiger partial charge in [0.15, 0.2) is 0 Å². The summed E-state index contributed by atoms with van der Waals surface area (Å²) in [5.74, 6) is 0.557. The van der Waals surface area contributed by atoms with Crippen LogP contribution in [0.15, 0.2) is 18.2 Å². The molecule has 1 aliphatic rings. The zero-order chi connectivity index (χ0) is 10.7. The van der Waals surface area contributed by atoms with Crippen molar-refractivity contribution < 1.29 is 4.74 Å². The number of hydrogen-bond donors (Lipinski definition) is 2. The Labute approximate surface area is 89.0 Å². The maximum atomic E-state index is 7.28. The van der Waals surface area contributed by atoms with Crippen LogP contribution in [0.1, 0.15) is 31.4 Å². The van der Waals surface area contributed by atoms with Crippen LogP contribution in [0.25, 0.3) is 0 Å². The molecular weight excluding hydrogens is 190 g/mol. The summed E-state index contributed by atoms with van der Waals surface area (Å²) in [5.41, 5.74) is 5.83. The Morgan fingerprint density at radius 3 is 2.80 bits per heavy atom. The third kappa shape index (κ3) is 2.46. The van der Waals surface area contributed by atoms with Gasteiger partial charge in [0.25, 0.3) is 0 Å². The molecule has 4 heteroatoms. The van der Waals surface area contributed by atoms with Crippen molar-refractivity contribution in [1.29, 1.82) is 5.41 Å².